The van der Waals surface area contributed by atoms with Gasteiger partial charge in [0.25, 0.3) is 0 Å². The van der Waals surface area contributed by atoms with Crippen molar-refractivity contribution in [1.29, 1.82) is 0 Å². The second kappa shape index (κ2) is 15.6. The number of para-hydroxylation sites is 1. The molecule has 0 atom stereocenters. The molecule has 0 amide bonds. The van der Waals surface area contributed by atoms with Crippen LogP contribution in [0.15, 0.2) is 158 Å². The Morgan fingerprint density at radius 2 is 0.846 bits per heavy atom. The van der Waals surface area contributed by atoms with Crippen LogP contribution < -0.4 is 0 Å². The normalized spacial score (nSPS) is 12.6. The van der Waals surface area contributed by atoms with Gasteiger partial charge in [0.15, 0.2) is 17.5 Å². The van der Waals surface area contributed by atoms with Crippen molar-refractivity contribution in [3.63, 3.8) is 0 Å². The molecule has 0 saturated carbocycles. The van der Waals surface area contributed by atoms with Crippen LogP contribution in [0.2, 0.25) is 0 Å². The molecule has 9 rings (SSSR count). The number of aromatic nitrogens is 4. The Balaban J connectivity index is 1.31. The van der Waals surface area contributed by atoms with Crippen LogP contribution in [0.1, 0.15) is 22.3 Å². The van der Waals surface area contributed by atoms with E-state index in [2.05, 4.69) is 15.0 Å². The van der Waals surface area contributed by atoms with Gasteiger partial charge in [0.1, 0.15) is 0 Å². The number of benzene rings is 7. The molecule has 2 heterocycles. The summed E-state index contributed by atoms with van der Waals surface area (Å²) in [4.78, 5) is 14.0. The summed E-state index contributed by atoms with van der Waals surface area (Å²) in [5.41, 5.74) is -5.30. The number of hydrogen-bond donors (Lipinski definition) is 0. The summed E-state index contributed by atoms with van der Waals surface area (Å²) in [6.07, 6.45) is -20.6. The molecule has 0 fully saturated rings. The first-order valence-corrected chi connectivity index (χ1v) is 19.4. The van der Waals surface area contributed by atoms with Gasteiger partial charge in [-0.25, -0.2) is 15.0 Å². The van der Waals surface area contributed by atoms with Crippen LogP contribution in [0.3, 0.4) is 0 Å². The fraction of sp³-hybridized carbons (Fsp3) is 0.0816. The van der Waals surface area contributed by atoms with E-state index in [-0.39, 0.29) is 52.0 Å². The maximum absolute atomic E-state index is 14.4. The van der Waals surface area contributed by atoms with Crippen LogP contribution >= 0.6 is 0 Å². The lowest BCUT2D eigenvalue weighted by atomic mass is 9.94. The van der Waals surface area contributed by atoms with Gasteiger partial charge in [-0.3, -0.25) is 0 Å². The molecule has 9 aromatic rings. The molecule has 2 aromatic heterocycles. The molecule has 0 unspecified atom stereocenters. The van der Waals surface area contributed by atoms with Crippen molar-refractivity contribution in [3.05, 3.63) is 180 Å². The van der Waals surface area contributed by atoms with Gasteiger partial charge in [0, 0.05) is 33.2 Å². The average Bonchev–Trinajstić information content (AvgIpc) is 3.61. The van der Waals surface area contributed by atoms with Crippen molar-refractivity contribution in [2.75, 3.05) is 0 Å². The standard InChI is InChI=1S/C49H26F12N4/c50-46(51,52)31-16-18-35(40(25-31)49(59,60)61)29-15-20-42-39(23-29)36-13-7-8-14-41(36)65(42)34-17-19-37(38(26-34)30-21-32(47(53,54)55)24-33(22-30)48(56,57)58)45-63-43(27-9-3-1-4-10-27)62-44(64-45)28-11-5-2-6-12-28/h1-26H. The Bertz CT molecular complexity index is 3170. The van der Waals surface area contributed by atoms with E-state index < -0.39 is 58.1 Å². The fourth-order valence-corrected chi connectivity index (χ4v) is 7.77. The lowest BCUT2D eigenvalue weighted by molar-refractivity contribution is -0.144. The zero-order chi connectivity index (χ0) is 46.1. The van der Waals surface area contributed by atoms with Crippen molar-refractivity contribution in [2.24, 2.45) is 0 Å². The number of nitrogens with zero attached hydrogens (tertiary/aromatic N) is 4. The topological polar surface area (TPSA) is 43.6 Å². The third-order valence-corrected chi connectivity index (χ3v) is 10.7. The third-order valence-electron chi connectivity index (χ3n) is 10.7. The van der Waals surface area contributed by atoms with E-state index in [0.29, 0.717) is 51.1 Å². The van der Waals surface area contributed by atoms with Crippen LogP contribution in [0.4, 0.5) is 52.7 Å². The molecule has 326 valence electrons. The molecule has 0 radical (unpaired) electrons. The predicted molar refractivity (Wildman–Crippen MR) is 221 cm³/mol. The average molecular weight is 899 g/mol. The van der Waals surface area contributed by atoms with Crippen molar-refractivity contribution >= 4 is 21.8 Å². The van der Waals surface area contributed by atoms with Crippen LogP contribution in [0, 0.1) is 0 Å². The summed E-state index contributed by atoms with van der Waals surface area (Å²) < 4.78 is 172. The summed E-state index contributed by atoms with van der Waals surface area (Å²) in [7, 11) is 0. The lowest BCUT2D eigenvalue weighted by Crippen LogP contribution is -2.12. The molecule has 0 spiro atoms. The number of halogens is 12. The second-order valence-corrected chi connectivity index (χ2v) is 14.9. The molecular formula is C49H26F12N4. The van der Waals surface area contributed by atoms with Gasteiger partial charge >= 0.3 is 24.7 Å². The van der Waals surface area contributed by atoms with Crippen LogP contribution in [-0.4, -0.2) is 19.5 Å². The number of alkyl halides is 12. The van der Waals surface area contributed by atoms with Crippen molar-refractivity contribution in [2.45, 2.75) is 24.7 Å². The molecule has 0 aliphatic rings. The molecule has 65 heavy (non-hydrogen) atoms. The second-order valence-electron chi connectivity index (χ2n) is 14.9. The minimum Gasteiger partial charge on any atom is -0.309 e. The number of fused-ring (bicyclic) bond motifs is 3. The predicted octanol–water partition coefficient (Wildman–Crippen LogP) is 15.4. The van der Waals surface area contributed by atoms with Gasteiger partial charge in [0.05, 0.1) is 33.3 Å². The Kier molecular flexibility index (Phi) is 10.3. The molecule has 0 bridgehead atoms. The zero-order valence-corrected chi connectivity index (χ0v) is 32.8. The van der Waals surface area contributed by atoms with E-state index in [4.69, 9.17) is 0 Å². The Labute approximate surface area is 360 Å². The number of hydrogen-bond acceptors (Lipinski definition) is 3. The zero-order valence-electron chi connectivity index (χ0n) is 32.8. The van der Waals surface area contributed by atoms with Crippen LogP contribution in [0.5, 0.6) is 0 Å². The molecule has 0 aliphatic carbocycles. The Morgan fingerprint density at radius 1 is 0.323 bits per heavy atom. The van der Waals surface area contributed by atoms with Crippen molar-refractivity contribution in [3.8, 4) is 62.1 Å². The van der Waals surface area contributed by atoms with Crippen molar-refractivity contribution < 1.29 is 52.7 Å². The van der Waals surface area contributed by atoms with Gasteiger partial charge in [-0.05, 0) is 89.0 Å². The van der Waals surface area contributed by atoms with Gasteiger partial charge in [-0.2, -0.15) is 52.7 Å². The highest BCUT2D eigenvalue weighted by atomic mass is 19.4. The monoisotopic (exact) mass is 898 g/mol. The summed E-state index contributed by atoms with van der Waals surface area (Å²) in [6, 6.07) is 34.9. The first-order valence-electron chi connectivity index (χ1n) is 19.4. The van der Waals surface area contributed by atoms with Gasteiger partial charge in [-0.1, -0.05) is 91.0 Å². The van der Waals surface area contributed by atoms with E-state index in [1.807, 2.05) is 0 Å². The van der Waals surface area contributed by atoms with E-state index >= 15 is 0 Å². The molecule has 0 N–H and O–H groups in total. The smallest absolute Gasteiger partial charge is 0.309 e. The molecule has 4 nitrogen and oxygen atoms in total. The Hall–Kier alpha value is -7.49. The van der Waals surface area contributed by atoms with E-state index in [9.17, 15) is 52.7 Å². The molecular weight excluding hydrogens is 873 g/mol. The quantitative estimate of drug-likeness (QED) is 0.156. The van der Waals surface area contributed by atoms with Gasteiger partial charge in [0.2, 0.25) is 0 Å². The summed E-state index contributed by atoms with van der Waals surface area (Å²) in [5.74, 6) is 0.225. The number of rotatable bonds is 6. The largest absolute Gasteiger partial charge is 0.417 e. The fourth-order valence-electron chi connectivity index (χ4n) is 7.77. The van der Waals surface area contributed by atoms with Gasteiger partial charge in [-0.15, -0.1) is 0 Å². The van der Waals surface area contributed by atoms with Gasteiger partial charge < -0.3 is 4.57 Å². The first-order chi connectivity index (χ1) is 30.7. The molecule has 7 aromatic carbocycles. The van der Waals surface area contributed by atoms with E-state index in [1.165, 1.54) is 30.3 Å². The maximum atomic E-state index is 14.4. The first kappa shape index (κ1) is 42.8. The van der Waals surface area contributed by atoms with E-state index in [0.717, 1.165) is 6.07 Å². The summed E-state index contributed by atoms with van der Waals surface area (Å²) in [5, 5.41) is 0.805. The highest BCUT2D eigenvalue weighted by Gasteiger charge is 2.39. The molecule has 16 heteroatoms. The minimum absolute atomic E-state index is 0.0163. The third kappa shape index (κ3) is 8.27. The SMILES string of the molecule is FC(F)(F)c1cc(-c2cc(-n3c4ccccc4c4cc(-c5ccc(C(F)(F)F)cc5C(F)(F)F)ccc43)ccc2-c2nc(-c3ccccc3)nc(-c3ccccc3)n2)cc(C(F)(F)F)c1. The van der Waals surface area contributed by atoms with Crippen LogP contribution in [-0.2, 0) is 24.7 Å². The highest BCUT2D eigenvalue weighted by Crippen LogP contribution is 2.45. The van der Waals surface area contributed by atoms with Crippen molar-refractivity contribution in [1.82, 2.24) is 19.5 Å². The molecule has 0 aliphatic heterocycles. The summed E-state index contributed by atoms with van der Waals surface area (Å²) in [6.45, 7) is 0. The summed E-state index contributed by atoms with van der Waals surface area (Å²) >= 11 is 0. The lowest BCUT2D eigenvalue weighted by Gasteiger charge is -2.18. The minimum atomic E-state index is -5.20. The van der Waals surface area contributed by atoms with E-state index in [1.54, 1.807) is 95.6 Å². The highest BCUT2D eigenvalue weighted by molar-refractivity contribution is 6.10. The maximum Gasteiger partial charge on any atom is 0.417 e. The molecule has 0 saturated heterocycles. The van der Waals surface area contributed by atoms with Crippen LogP contribution in [0.25, 0.3) is 83.9 Å². The Morgan fingerprint density at radius 3 is 1.42 bits per heavy atom.